The van der Waals surface area contributed by atoms with Crippen LogP contribution in [0.3, 0.4) is 0 Å². The number of pyridine rings is 1. The van der Waals surface area contributed by atoms with E-state index in [0.29, 0.717) is 11.5 Å². The van der Waals surface area contributed by atoms with Crippen LogP contribution in [-0.2, 0) is 0 Å². The second-order valence-electron chi connectivity index (χ2n) is 2.88. The molecule has 2 rings (SSSR count). The molecule has 0 spiro atoms. The number of hydrogen-bond donors (Lipinski definition) is 1. The second-order valence-corrected chi connectivity index (χ2v) is 3.73. The zero-order valence-corrected chi connectivity index (χ0v) is 9.31. The zero-order valence-electron chi connectivity index (χ0n) is 7.72. The summed E-state index contributed by atoms with van der Waals surface area (Å²) in [5.74, 6) is 1.15. The van der Waals surface area contributed by atoms with Crippen molar-refractivity contribution < 1.29 is 9.84 Å². The smallest absolute Gasteiger partial charge is 0.169 e. The Morgan fingerprint density at radius 2 is 1.93 bits per heavy atom. The lowest BCUT2D eigenvalue weighted by Gasteiger charge is -2.07. The maximum atomic E-state index is 9.51. The van der Waals surface area contributed by atoms with Crippen LogP contribution in [0.1, 0.15) is 0 Å². The predicted octanol–water partition coefficient (Wildman–Crippen LogP) is 3.34. The highest BCUT2D eigenvalue weighted by Gasteiger charge is 2.05. The van der Waals surface area contributed by atoms with E-state index in [-0.39, 0.29) is 5.75 Å². The molecule has 1 aromatic heterocycles. The largest absolute Gasteiger partial charge is 0.504 e. The van der Waals surface area contributed by atoms with Crippen molar-refractivity contribution in [3.63, 3.8) is 0 Å². The molecular weight excluding hydrogens is 258 g/mol. The maximum Gasteiger partial charge on any atom is 0.169 e. The van der Waals surface area contributed by atoms with E-state index in [2.05, 4.69) is 20.9 Å². The third-order valence-corrected chi connectivity index (χ3v) is 2.42. The standard InChI is InChI=1S/C11H8BrNO2/c12-8-7-13-6-5-10(8)15-11-4-2-1-3-9(11)14/h1-7,14H. The van der Waals surface area contributed by atoms with Crippen LogP contribution in [0.5, 0.6) is 17.2 Å². The van der Waals surface area contributed by atoms with E-state index in [9.17, 15) is 5.11 Å². The summed E-state index contributed by atoms with van der Waals surface area (Å²) in [5, 5.41) is 9.51. The number of phenols is 1. The minimum atomic E-state index is 0.112. The first-order valence-electron chi connectivity index (χ1n) is 4.33. The molecule has 4 heteroatoms. The molecule has 0 amide bonds. The summed E-state index contributed by atoms with van der Waals surface area (Å²) >= 11 is 3.31. The summed E-state index contributed by atoms with van der Waals surface area (Å²) in [5.41, 5.74) is 0. The van der Waals surface area contributed by atoms with E-state index < -0.39 is 0 Å². The molecule has 0 saturated heterocycles. The van der Waals surface area contributed by atoms with Crippen LogP contribution in [0.2, 0.25) is 0 Å². The van der Waals surface area contributed by atoms with E-state index >= 15 is 0 Å². The van der Waals surface area contributed by atoms with Gasteiger partial charge in [0.15, 0.2) is 11.5 Å². The van der Waals surface area contributed by atoms with Gasteiger partial charge < -0.3 is 9.84 Å². The zero-order chi connectivity index (χ0) is 10.7. The van der Waals surface area contributed by atoms with Gasteiger partial charge in [-0.25, -0.2) is 0 Å². The van der Waals surface area contributed by atoms with E-state index in [1.165, 1.54) is 0 Å². The molecule has 76 valence electrons. The molecule has 2 aromatic rings. The van der Waals surface area contributed by atoms with Gasteiger partial charge in [-0.3, -0.25) is 4.98 Å². The van der Waals surface area contributed by atoms with E-state index in [1.54, 1.807) is 42.7 Å². The van der Waals surface area contributed by atoms with Gasteiger partial charge in [-0.2, -0.15) is 0 Å². The van der Waals surface area contributed by atoms with Crippen molar-refractivity contribution in [2.45, 2.75) is 0 Å². The molecule has 0 aliphatic carbocycles. The van der Waals surface area contributed by atoms with Crippen molar-refractivity contribution in [2.75, 3.05) is 0 Å². The fraction of sp³-hybridized carbons (Fsp3) is 0. The number of nitrogens with zero attached hydrogens (tertiary/aromatic N) is 1. The van der Waals surface area contributed by atoms with Crippen LogP contribution in [0.4, 0.5) is 0 Å². The fourth-order valence-corrected chi connectivity index (χ4v) is 1.44. The molecule has 0 fully saturated rings. The molecule has 0 unspecified atom stereocenters. The Kier molecular flexibility index (Phi) is 2.87. The minimum Gasteiger partial charge on any atom is -0.504 e. The average Bonchev–Trinajstić information content (AvgIpc) is 2.24. The Balaban J connectivity index is 2.30. The lowest BCUT2D eigenvalue weighted by atomic mass is 10.3. The molecule has 15 heavy (non-hydrogen) atoms. The number of para-hydroxylation sites is 2. The van der Waals surface area contributed by atoms with Gasteiger partial charge in [0.1, 0.15) is 5.75 Å². The molecule has 1 N–H and O–H groups in total. The second kappa shape index (κ2) is 4.31. The Morgan fingerprint density at radius 1 is 1.13 bits per heavy atom. The summed E-state index contributed by atoms with van der Waals surface area (Å²) < 4.78 is 6.25. The lowest BCUT2D eigenvalue weighted by molar-refractivity contribution is 0.410. The number of rotatable bonds is 2. The van der Waals surface area contributed by atoms with Crippen LogP contribution in [-0.4, -0.2) is 10.1 Å². The van der Waals surface area contributed by atoms with Crippen molar-refractivity contribution in [2.24, 2.45) is 0 Å². The lowest BCUT2D eigenvalue weighted by Crippen LogP contribution is -1.86. The van der Waals surface area contributed by atoms with Crippen molar-refractivity contribution in [1.29, 1.82) is 0 Å². The van der Waals surface area contributed by atoms with Crippen molar-refractivity contribution in [1.82, 2.24) is 4.98 Å². The number of hydrogen-bond acceptors (Lipinski definition) is 3. The average molecular weight is 266 g/mol. The van der Waals surface area contributed by atoms with Crippen LogP contribution >= 0.6 is 15.9 Å². The van der Waals surface area contributed by atoms with Gasteiger partial charge in [0.2, 0.25) is 0 Å². The SMILES string of the molecule is Oc1ccccc1Oc1ccncc1Br. The number of aromatic nitrogens is 1. The normalized spacial score (nSPS) is 9.93. The van der Waals surface area contributed by atoms with Crippen molar-refractivity contribution >= 4 is 15.9 Å². The van der Waals surface area contributed by atoms with Gasteiger partial charge in [-0.05, 0) is 28.1 Å². The van der Waals surface area contributed by atoms with E-state index in [1.807, 2.05) is 0 Å². The minimum absolute atomic E-state index is 0.112. The number of phenolic OH excluding ortho intramolecular Hbond substituents is 1. The highest BCUT2D eigenvalue weighted by Crippen LogP contribution is 2.33. The Hall–Kier alpha value is -1.55. The summed E-state index contributed by atoms with van der Waals surface area (Å²) in [6, 6.07) is 8.52. The monoisotopic (exact) mass is 265 g/mol. The molecule has 1 heterocycles. The van der Waals surface area contributed by atoms with Gasteiger partial charge in [0.25, 0.3) is 0 Å². The first kappa shape index (κ1) is 9.98. The Labute approximate surface area is 95.5 Å². The molecule has 0 aliphatic heterocycles. The number of aromatic hydroxyl groups is 1. The van der Waals surface area contributed by atoms with Crippen LogP contribution in [0.25, 0.3) is 0 Å². The van der Waals surface area contributed by atoms with Crippen molar-refractivity contribution in [3.05, 3.63) is 47.2 Å². The topological polar surface area (TPSA) is 42.4 Å². The quantitative estimate of drug-likeness (QED) is 0.906. The molecule has 0 bridgehead atoms. The molecular formula is C11H8BrNO2. The number of benzene rings is 1. The third kappa shape index (κ3) is 2.27. The third-order valence-electron chi connectivity index (χ3n) is 1.82. The number of halogens is 1. The Morgan fingerprint density at radius 3 is 2.67 bits per heavy atom. The van der Waals surface area contributed by atoms with Gasteiger partial charge in [0, 0.05) is 18.5 Å². The fourth-order valence-electron chi connectivity index (χ4n) is 1.11. The summed E-state index contributed by atoms with van der Waals surface area (Å²) in [7, 11) is 0. The van der Waals surface area contributed by atoms with Crippen LogP contribution < -0.4 is 4.74 Å². The number of ether oxygens (including phenoxy) is 1. The summed E-state index contributed by atoms with van der Waals surface area (Å²) in [4.78, 5) is 3.92. The highest BCUT2D eigenvalue weighted by atomic mass is 79.9. The first-order chi connectivity index (χ1) is 7.27. The van der Waals surface area contributed by atoms with Gasteiger partial charge in [-0.1, -0.05) is 12.1 Å². The van der Waals surface area contributed by atoms with E-state index in [4.69, 9.17) is 4.74 Å². The van der Waals surface area contributed by atoms with Crippen molar-refractivity contribution in [3.8, 4) is 17.2 Å². The summed E-state index contributed by atoms with van der Waals surface area (Å²) in [6.45, 7) is 0. The van der Waals surface area contributed by atoms with Gasteiger partial charge in [0.05, 0.1) is 4.47 Å². The molecule has 0 radical (unpaired) electrons. The highest BCUT2D eigenvalue weighted by molar-refractivity contribution is 9.10. The van der Waals surface area contributed by atoms with Crippen LogP contribution in [0, 0.1) is 0 Å². The molecule has 0 saturated carbocycles. The first-order valence-corrected chi connectivity index (χ1v) is 5.12. The predicted molar refractivity (Wildman–Crippen MR) is 60.1 cm³/mol. The Bertz CT molecular complexity index is 430. The molecule has 0 atom stereocenters. The van der Waals surface area contributed by atoms with Crippen LogP contribution in [0.15, 0.2) is 47.2 Å². The van der Waals surface area contributed by atoms with Gasteiger partial charge >= 0.3 is 0 Å². The summed E-state index contributed by atoms with van der Waals surface area (Å²) in [6.07, 6.45) is 3.26. The maximum absolute atomic E-state index is 9.51. The molecule has 0 aliphatic rings. The van der Waals surface area contributed by atoms with E-state index in [0.717, 1.165) is 4.47 Å². The van der Waals surface area contributed by atoms with Gasteiger partial charge in [-0.15, -0.1) is 0 Å². The molecule has 3 nitrogen and oxygen atoms in total. The molecule has 1 aromatic carbocycles.